The Labute approximate surface area is 139 Å². The number of unbranched alkanes of at least 4 members (excludes halogenated alkanes) is 2. The highest BCUT2D eigenvalue weighted by Crippen LogP contribution is 2.26. The van der Waals surface area contributed by atoms with Crippen LogP contribution in [0.1, 0.15) is 50.7 Å². The Hall–Kier alpha value is -2.16. The quantitative estimate of drug-likeness (QED) is 0.447. The molecule has 0 amide bonds. The van der Waals surface area contributed by atoms with Gasteiger partial charge in [0.15, 0.2) is 0 Å². The minimum Gasteiger partial charge on any atom is -0.399 e. The summed E-state index contributed by atoms with van der Waals surface area (Å²) in [4.78, 5) is 0. The van der Waals surface area contributed by atoms with E-state index in [1.54, 1.807) is 0 Å². The van der Waals surface area contributed by atoms with Gasteiger partial charge in [-0.15, -0.1) is 0 Å². The lowest BCUT2D eigenvalue weighted by molar-refractivity contribution is 0.794. The maximum absolute atomic E-state index is 6.04. The second-order valence-corrected chi connectivity index (χ2v) is 5.92. The molecule has 0 unspecified atom stereocenters. The second kappa shape index (κ2) is 9.09. The number of nitrogen functional groups attached to an aromatic ring is 1. The van der Waals surface area contributed by atoms with Crippen molar-refractivity contribution in [3.8, 4) is 0 Å². The first-order valence-electron chi connectivity index (χ1n) is 8.62. The molecule has 2 N–H and O–H groups in total. The van der Waals surface area contributed by atoms with Crippen LogP contribution in [0.25, 0.3) is 0 Å². The van der Waals surface area contributed by atoms with Crippen LogP contribution in [-0.2, 0) is 12.8 Å². The van der Waals surface area contributed by atoms with Crippen molar-refractivity contribution in [3.05, 3.63) is 53.6 Å². The molecular formula is C20H27N3. The van der Waals surface area contributed by atoms with E-state index in [0.717, 1.165) is 42.7 Å². The Morgan fingerprint density at radius 3 is 2.26 bits per heavy atom. The summed E-state index contributed by atoms with van der Waals surface area (Å²) in [6.45, 7) is 4.39. The van der Waals surface area contributed by atoms with Gasteiger partial charge in [-0.05, 0) is 61.1 Å². The summed E-state index contributed by atoms with van der Waals surface area (Å²) in [5.41, 5.74) is 11.2. The first-order valence-corrected chi connectivity index (χ1v) is 8.62. The molecule has 0 aromatic heterocycles. The zero-order valence-corrected chi connectivity index (χ0v) is 14.3. The Balaban J connectivity index is 2.17. The van der Waals surface area contributed by atoms with Crippen LogP contribution in [0.2, 0.25) is 0 Å². The predicted octanol–water partition coefficient (Wildman–Crippen LogP) is 6.37. The lowest BCUT2D eigenvalue weighted by atomic mass is 10.1. The van der Waals surface area contributed by atoms with Crippen LogP contribution in [0.15, 0.2) is 52.7 Å². The van der Waals surface area contributed by atoms with Crippen LogP contribution >= 0.6 is 0 Å². The van der Waals surface area contributed by atoms with E-state index >= 15 is 0 Å². The molecule has 0 aliphatic rings. The molecular weight excluding hydrogens is 282 g/mol. The van der Waals surface area contributed by atoms with Gasteiger partial charge in [0.2, 0.25) is 0 Å². The topological polar surface area (TPSA) is 50.7 Å². The summed E-state index contributed by atoms with van der Waals surface area (Å²) in [7, 11) is 0. The van der Waals surface area contributed by atoms with Crippen LogP contribution in [0.4, 0.5) is 17.1 Å². The van der Waals surface area contributed by atoms with Gasteiger partial charge in [0.25, 0.3) is 0 Å². The van der Waals surface area contributed by atoms with Crippen LogP contribution in [-0.4, -0.2) is 0 Å². The van der Waals surface area contributed by atoms with E-state index in [2.05, 4.69) is 42.3 Å². The van der Waals surface area contributed by atoms with E-state index in [0.29, 0.717) is 0 Å². The predicted molar refractivity (Wildman–Crippen MR) is 98.7 cm³/mol. The van der Waals surface area contributed by atoms with Crippen molar-refractivity contribution in [1.29, 1.82) is 0 Å². The molecule has 3 nitrogen and oxygen atoms in total. The van der Waals surface area contributed by atoms with E-state index in [9.17, 15) is 0 Å². The maximum Gasteiger partial charge on any atom is 0.0889 e. The molecule has 2 rings (SSSR count). The molecule has 2 aromatic rings. The van der Waals surface area contributed by atoms with Crippen molar-refractivity contribution in [1.82, 2.24) is 0 Å². The second-order valence-electron chi connectivity index (χ2n) is 5.92. The monoisotopic (exact) mass is 309 g/mol. The average molecular weight is 309 g/mol. The molecule has 3 heteroatoms. The molecule has 23 heavy (non-hydrogen) atoms. The van der Waals surface area contributed by atoms with Gasteiger partial charge in [-0.2, -0.15) is 10.2 Å². The summed E-state index contributed by atoms with van der Waals surface area (Å²) >= 11 is 0. The molecule has 0 heterocycles. The summed E-state index contributed by atoms with van der Waals surface area (Å²) < 4.78 is 0. The van der Waals surface area contributed by atoms with Gasteiger partial charge in [-0.1, -0.05) is 44.9 Å². The van der Waals surface area contributed by atoms with Crippen molar-refractivity contribution in [2.45, 2.75) is 52.4 Å². The van der Waals surface area contributed by atoms with Gasteiger partial charge in [-0.25, -0.2) is 0 Å². The van der Waals surface area contributed by atoms with Crippen molar-refractivity contribution in [2.75, 3.05) is 5.73 Å². The zero-order valence-electron chi connectivity index (χ0n) is 14.3. The fourth-order valence-electron chi connectivity index (χ4n) is 2.54. The number of nitrogens with zero attached hydrogens (tertiary/aromatic N) is 2. The number of nitrogens with two attached hydrogens (primary N) is 1. The smallest absolute Gasteiger partial charge is 0.0889 e. The highest BCUT2D eigenvalue weighted by Gasteiger charge is 2.02. The minimum absolute atomic E-state index is 0.848. The number of hydrogen-bond acceptors (Lipinski definition) is 3. The normalized spacial score (nSPS) is 11.2. The number of hydrogen-bond donors (Lipinski definition) is 1. The number of anilines is 1. The SMILES string of the molecule is CCCCc1cc(N=Nc2ccccc2CCCC)ccc1N. The van der Waals surface area contributed by atoms with E-state index in [1.807, 2.05) is 24.3 Å². The maximum atomic E-state index is 6.04. The summed E-state index contributed by atoms with van der Waals surface area (Å²) in [6.07, 6.45) is 6.72. The van der Waals surface area contributed by atoms with Crippen molar-refractivity contribution in [3.63, 3.8) is 0 Å². The Kier molecular flexibility index (Phi) is 6.79. The first kappa shape index (κ1) is 17.2. The summed E-state index contributed by atoms with van der Waals surface area (Å²) in [5, 5.41) is 8.89. The van der Waals surface area contributed by atoms with Crippen molar-refractivity contribution < 1.29 is 0 Å². The Bertz CT molecular complexity index is 647. The van der Waals surface area contributed by atoms with Gasteiger partial charge in [0.05, 0.1) is 11.4 Å². The summed E-state index contributed by atoms with van der Waals surface area (Å²) in [6, 6.07) is 14.2. The largest absolute Gasteiger partial charge is 0.399 e. The molecule has 0 aliphatic heterocycles. The van der Waals surface area contributed by atoms with Gasteiger partial charge in [0.1, 0.15) is 0 Å². The molecule has 0 spiro atoms. The minimum atomic E-state index is 0.848. The molecule has 0 bridgehead atoms. The molecule has 0 atom stereocenters. The van der Waals surface area contributed by atoms with E-state index in [4.69, 9.17) is 5.73 Å². The third kappa shape index (κ3) is 5.20. The Morgan fingerprint density at radius 1 is 0.826 bits per heavy atom. The average Bonchev–Trinajstić information content (AvgIpc) is 2.58. The fourth-order valence-corrected chi connectivity index (χ4v) is 2.54. The number of rotatable bonds is 8. The number of aryl methyl sites for hydroxylation is 2. The van der Waals surface area contributed by atoms with Crippen LogP contribution < -0.4 is 5.73 Å². The molecule has 0 fully saturated rings. The van der Waals surface area contributed by atoms with Gasteiger partial charge in [0, 0.05) is 5.69 Å². The third-order valence-electron chi connectivity index (χ3n) is 3.99. The Morgan fingerprint density at radius 2 is 1.52 bits per heavy atom. The first-order chi connectivity index (χ1) is 11.2. The zero-order chi connectivity index (χ0) is 16.5. The molecule has 0 aliphatic carbocycles. The van der Waals surface area contributed by atoms with E-state index in [-0.39, 0.29) is 0 Å². The molecule has 0 saturated carbocycles. The fraction of sp³-hybridized carbons (Fsp3) is 0.400. The number of azo groups is 1. The van der Waals surface area contributed by atoms with Gasteiger partial charge < -0.3 is 5.73 Å². The summed E-state index contributed by atoms with van der Waals surface area (Å²) in [5.74, 6) is 0. The standard InChI is InChI=1S/C20H27N3/c1-3-5-9-16-11-7-8-12-20(16)23-22-18-13-14-19(21)17(15-18)10-6-4-2/h7-8,11-15H,3-6,9-10,21H2,1-2H3. The van der Waals surface area contributed by atoms with Crippen molar-refractivity contribution in [2.24, 2.45) is 10.2 Å². The molecule has 0 saturated heterocycles. The van der Waals surface area contributed by atoms with E-state index < -0.39 is 0 Å². The molecule has 2 aromatic carbocycles. The van der Waals surface area contributed by atoms with Crippen LogP contribution in [0.3, 0.4) is 0 Å². The highest BCUT2D eigenvalue weighted by atomic mass is 15.1. The van der Waals surface area contributed by atoms with Crippen molar-refractivity contribution >= 4 is 17.1 Å². The lowest BCUT2D eigenvalue weighted by Gasteiger charge is -2.06. The molecule has 0 radical (unpaired) electrons. The number of benzene rings is 2. The van der Waals surface area contributed by atoms with Gasteiger partial charge >= 0.3 is 0 Å². The third-order valence-corrected chi connectivity index (χ3v) is 3.99. The molecule has 122 valence electrons. The van der Waals surface area contributed by atoms with E-state index in [1.165, 1.54) is 24.0 Å². The van der Waals surface area contributed by atoms with Gasteiger partial charge in [-0.3, -0.25) is 0 Å². The van der Waals surface area contributed by atoms with Crippen LogP contribution in [0, 0.1) is 0 Å². The van der Waals surface area contributed by atoms with Crippen LogP contribution in [0.5, 0.6) is 0 Å². The lowest BCUT2D eigenvalue weighted by Crippen LogP contribution is -1.93. The highest BCUT2D eigenvalue weighted by molar-refractivity contribution is 5.55.